The van der Waals surface area contributed by atoms with Crippen LogP contribution >= 0.6 is 0 Å². The number of nitrogens with zero attached hydrogens (tertiary/aromatic N) is 1. The number of fused-ring (bicyclic) bond motifs is 1. The van der Waals surface area contributed by atoms with Crippen molar-refractivity contribution in [1.82, 2.24) is 15.3 Å². The number of hydrogen-bond acceptors (Lipinski definition) is 3. The lowest BCUT2D eigenvalue weighted by atomic mass is 10.1. The van der Waals surface area contributed by atoms with Crippen molar-refractivity contribution in [1.29, 1.82) is 0 Å². The molecule has 122 valence electrons. The number of nitrogens with one attached hydrogen (secondary N) is 2. The number of nitrogens with two attached hydrogens (primary N) is 1. The molecule has 0 aliphatic rings. The number of H-pyrrole nitrogens is 1. The lowest BCUT2D eigenvalue weighted by molar-refractivity contribution is 0.0950. The Labute approximate surface area is 134 Å². The summed E-state index contributed by atoms with van der Waals surface area (Å²) in [6, 6.07) is 7.79. The molecule has 0 bridgehead atoms. The molecular formula is C16H12F2N4O2. The Bertz CT molecular complexity index is 932. The zero-order valence-electron chi connectivity index (χ0n) is 12.3. The molecule has 0 radical (unpaired) electrons. The first kappa shape index (κ1) is 15.6. The first-order valence-electron chi connectivity index (χ1n) is 6.96. The number of carbonyl (C=O) groups excluding carboxylic acids is 2. The summed E-state index contributed by atoms with van der Waals surface area (Å²) in [6.45, 7) is -0.0585. The second kappa shape index (κ2) is 6.07. The summed E-state index contributed by atoms with van der Waals surface area (Å²) in [5, 5.41) is 2.56. The molecule has 4 N–H and O–H groups in total. The molecule has 2 aromatic carbocycles. The number of benzene rings is 2. The van der Waals surface area contributed by atoms with Gasteiger partial charge in [-0.2, -0.15) is 0 Å². The van der Waals surface area contributed by atoms with E-state index in [2.05, 4.69) is 15.3 Å². The lowest BCUT2D eigenvalue weighted by Gasteiger charge is -2.06. The molecule has 1 aromatic heterocycles. The van der Waals surface area contributed by atoms with Crippen LogP contribution < -0.4 is 11.1 Å². The van der Waals surface area contributed by atoms with Gasteiger partial charge in [-0.05, 0) is 29.8 Å². The Morgan fingerprint density at radius 2 is 1.88 bits per heavy atom. The second-order valence-electron chi connectivity index (χ2n) is 5.11. The fourth-order valence-electron chi connectivity index (χ4n) is 2.32. The Kier molecular flexibility index (Phi) is 3.95. The van der Waals surface area contributed by atoms with Crippen LogP contribution in [-0.2, 0) is 6.54 Å². The topological polar surface area (TPSA) is 101 Å². The predicted molar refractivity (Wildman–Crippen MR) is 82.1 cm³/mol. The van der Waals surface area contributed by atoms with E-state index in [-0.39, 0.29) is 29.0 Å². The van der Waals surface area contributed by atoms with E-state index < -0.39 is 23.4 Å². The first-order chi connectivity index (χ1) is 11.4. The maximum absolute atomic E-state index is 13.2. The highest BCUT2D eigenvalue weighted by atomic mass is 19.1. The fraction of sp³-hybridized carbons (Fsp3) is 0.0625. The molecule has 8 heteroatoms. The van der Waals surface area contributed by atoms with Crippen molar-refractivity contribution in [2.24, 2.45) is 5.73 Å². The number of hydrogen-bond donors (Lipinski definition) is 3. The summed E-state index contributed by atoms with van der Waals surface area (Å²) in [4.78, 5) is 30.2. The number of carbonyl (C=O) groups is 2. The number of aromatic amines is 1. The van der Waals surface area contributed by atoms with Gasteiger partial charge in [0.25, 0.3) is 11.8 Å². The summed E-state index contributed by atoms with van der Waals surface area (Å²) in [5.41, 5.74) is 6.43. The van der Waals surface area contributed by atoms with Crippen LogP contribution in [0.2, 0.25) is 0 Å². The van der Waals surface area contributed by atoms with E-state index in [1.165, 1.54) is 6.07 Å². The molecule has 0 saturated carbocycles. The molecule has 1 heterocycles. The van der Waals surface area contributed by atoms with E-state index >= 15 is 0 Å². The summed E-state index contributed by atoms with van der Waals surface area (Å²) >= 11 is 0. The number of halogens is 2. The summed E-state index contributed by atoms with van der Waals surface area (Å²) in [7, 11) is 0. The van der Waals surface area contributed by atoms with E-state index in [1.807, 2.05) is 0 Å². The van der Waals surface area contributed by atoms with E-state index in [1.54, 1.807) is 12.1 Å². The van der Waals surface area contributed by atoms with Crippen LogP contribution in [0.25, 0.3) is 11.0 Å². The maximum Gasteiger partial charge on any atom is 0.284 e. The Morgan fingerprint density at radius 3 is 2.54 bits per heavy atom. The fourth-order valence-corrected chi connectivity index (χ4v) is 2.32. The molecule has 6 nitrogen and oxygen atoms in total. The van der Waals surface area contributed by atoms with Gasteiger partial charge in [-0.15, -0.1) is 0 Å². The monoisotopic (exact) mass is 330 g/mol. The SMILES string of the molecule is NC(=O)c1nc2c(C(=O)NCc3cc(F)cc(F)c3)cccc2[nH]1. The van der Waals surface area contributed by atoms with Crippen LogP contribution in [0.5, 0.6) is 0 Å². The van der Waals surface area contributed by atoms with Crippen molar-refractivity contribution in [3.05, 3.63) is 65.0 Å². The van der Waals surface area contributed by atoms with Crippen molar-refractivity contribution in [2.45, 2.75) is 6.54 Å². The summed E-state index contributed by atoms with van der Waals surface area (Å²) in [5.74, 6) is -2.74. The third kappa shape index (κ3) is 3.07. The molecule has 3 rings (SSSR count). The highest BCUT2D eigenvalue weighted by Gasteiger charge is 2.15. The van der Waals surface area contributed by atoms with Gasteiger partial charge >= 0.3 is 0 Å². The van der Waals surface area contributed by atoms with Gasteiger partial charge in [-0.1, -0.05) is 6.07 Å². The molecule has 3 aromatic rings. The number of rotatable bonds is 4. The first-order valence-corrected chi connectivity index (χ1v) is 6.96. The number of para-hydroxylation sites is 1. The van der Waals surface area contributed by atoms with Crippen molar-refractivity contribution >= 4 is 22.8 Å². The second-order valence-corrected chi connectivity index (χ2v) is 5.11. The van der Waals surface area contributed by atoms with Crippen LogP contribution in [0, 0.1) is 11.6 Å². The Balaban J connectivity index is 1.84. The maximum atomic E-state index is 13.2. The standard InChI is InChI=1S/C16H12F2N4O2/c17-9-4-8(5-10(18)6-9)7-20-16(24)11-2-1-3-12-13(11)22-15(21-12)14(19)23/h1-6H,7H2,(H2,19,23)(H,20,24)(H,21,22). The number of amides is 2. The van der Waals surface area contributed by atoms with Gasteiger partial charge in [-0.25, -0.2) is 13.8 Å². The molecule has 2 amide bonds. The van der Waals surface area contributed by atoms with Crippen LogP contribution in [0.1, 0.15) is 26.5 Å². The minimum atomic E-state index is -0.743. The quantitative estimate of drug-likeness (QED) is 0.680. The van der Waals surface area contributed by atoms with E-state index in [9.17, 15) is 18.4 Å². The molecular weight excluding hydrogens is 318 g/mol. The average Bonchev–Trinajstić information content (AvgIpc) is 2.96. The molecule has 0 aliphatic heterocycles. The van der Waals surface area contributed by atoms with Crippen LogP contribution in [0.15, 0.2) is 36.4 Å². The van der Waals surface area contributed by atoms with Gasteiger partial charge < -0.3 is 16.0 Å². The normalized spacial score (nSPS) is 10.8. The van der Waals surface area contributed by atoms with Gasteiger partial charge in [0.05, 0.1) is 11.1 Å². The van der Waals surface area contributed by atoms with E-state index in [0.717, 1.165) is 18.2 Å². The highest BCUT2D eigenvalue weighted by molar-refractivity contribution is 6.06. The van der Waals surface area contributed by atoms with E-state index in [0.29, 0.717) is 5.52 Å². The Hall–Kier alpha value is -3.29. The number of primary amides is 1. The minimum Gasteiger partial charge on any atom is -0.363 e. The van der Waals surface area contributed by atoms with Gasteiger partial charge in [0, 0.05) is 12.6 Å². The van der Waals surface area contributed by atoms with Gasteiger partial charge in [0.15, 0.2) is 5.82 Å². The molecule has 24 heavy (non-hydrogen) atoms. The number of aromatic nitrogens is 2. The van der Waals surface area contributed by atoms with Crippen LogP contribution in [0.4, 0.5) is 8.78 Å². The van der Waals surface area contributed by atoms with Gasteiger partial charge in [0.1, 0.15) is 17.2 Å². The molecule has 0 fully saturated rings. The Morgan fingerprint density at radius 1 is 1.17 bits per heavy atom. The smallest absolute Gasteiger partial charge is 0.284 e. The molecule has 0 aliphatic carbocycles. The lowest BCUT2D eigenvalue weighted by Crippen LogP contribution is -2.23. The van der Waals surface area contributed by atoms with Crippen molar-refractivity contribution in [2.75, 3.05) is 0 Å². The highest BCUT2D eigenvalue weighted by Crippen LogP contribution is 2.17. The largest absolute Gasteiger partial charge is 0.363 e. The number of imidazole rings is 1. The third-order valence-corrected chi connectivity index (χ3v) is 3.37. The van der Waals surface area contributed by atoms with Crippen molar-refractivity contribution in [3.8, 4) is 0 Å². The predicted octanol–water partition coefficient (Wildman–Crippen LogP) is 1.87. The van der Waals surface area contributed by atoms with E-state index in [4.69, 9.17) is 5.73 Å². The molecule has 0 unspecified atom stereocenters. The van der Waals surface area contributed by atoms with Crippen molar-refractivity contribution < 1.29 is 18.4 Å². The molecule has 0 atom stereocenters. The zero-order chi connectivity index (χ0) is 17.3. The van der Waals surface area contributed by atoms with Gasteiger partial charge in [0.2, 0.25) is 0 Å². The van der Waals surface area contributed by atoms with Crippen LogP contribution in [-0.4, -0.2) is 21.8 Å². The minimum absolute atomic E-state index is 0.0579. The molecule has 0 saturated heterocycles. The zero-order valence-corrected chi connectivity index (χ0v) is 12.3. The summed E-state index contributed by atoms with van der Waals surface area (Å²) < 4.78 is 26.3. The third-order valence-electron chi connectivity index (χ3n) is 3.37. The van der Waals surface area contributed by atoms with Gasteiger partial charge in [-0.3, -0.25) is 9.59 Å². The van der Waals surface area contributed by atoms with Crippen LogP contribution in [0.3, 0.4) is 0 Å². The summed E-state index contributed by atoms with van der Waals surface area (Å²) in [6.07, 6.45) is 0. The molecule has 0 spiro atoms. The van der Waals surface area contributed by atoms with Crippen molar-refractivity contribution in [3.63, 3.8) is 0 Å². The average molecular weight is 330 g/mol.